The summed E-state index contributed by atoms with van der Waals surface area (Å²) in [6.07, 6.45) is 6.35. The van der Waals surface area contributed by atoms with Gasteiger partial charge in [0.25, 0.3) is 5.91 Å². The highest BCUT2D eigenvalue weighted by atomic mass is 35.5. The Kier molecular flexibility index (Phi) is 6.91. The fraction of sp³-hybridized carbons (Fsp3) is 0.286. The number of likely N-dealkylation sites (tertiary alicyclic amines) is 1. The van der Waals surface area contributed by atoms with Crippen LogP contribution in [0.3, 0.4) is 0 Å². The van der Waals surface area contributed by atoms with Crippen LogP contribution in [0.2, 0.25) is 5.02 Å². The van der Waals surface area contributed by atoms with Crippen LogP contribution in [0.15, 0.2) is 72.0 Å². The Labute approximate surface area is 209 Å². The lowest BCUT2D eigenvalue weighted by Gasteiger charge is -2.32. The summed E-state index contributed by atoms with van der Waals surface area (Å²) in [5.74, 6) is 1.01. The Balaban J connectivity index is 1.21. The highest BCUT2D eigenvalue weighted by Crippen LogP contribution is 2.28. The van der Waals surface area contributed by atoms with Crippen LogP contribution in [0.5, 0.6) is 5.75 Å². The number of piperidine rings is 1. The molecule has 178 valence electrons. The molecule has 0 saturated carbocycles. The summed E-state index contributed by atoms with van der Waals surface area (Å²) in [4.78, 5) is 36.0. The summed E-state index contributed by atoms with van der Waals surface area (Å²) < 4.78 is 5.89. The second-order valence-electron chi connectivity index (χ2n) is 9.03. The number of carbonyl (C=O) groups excluding carboxylic acids is 2. The van der Waals surface area contributed by atoms with E-state index in [0.29, 0.717) is 52.3 Å². The van der Waals surface area contributed by atoms with Crippen LogP contribution in [0.4, 0.5) is 5.69 Å². The molecule has 0 bridgehead atoms. The van der Waals surface area contributed by atoms with Gasteiger partial charge in [-0.1, -0.05) is 41.9 Å². The smallest absolute Gasteiger partial charge is 0.255 e. The van der Waals surface area contributed by atoms with Crippen LogP contribution < -0.4 is 4.74 Å². The predicted molar refractivity (Wildman–Crippen MR) is 136 cm³/mol. The van der Waals surface area contributed by atoms with Crippen LogP contribution >= 0.6 is 11.6 Å². The van der Waals surface area contributed by atoms with Gasteiger partial charge in [0.15, 0.2) is 5.78 Å². The zero-order valence-electron chi connectivity index (χ0n) is 19.3. The predicted octanol–water partition coefficient (Wildman–Crippen LogP) is 5.57. The van der Waals surface area contributed by atoms with E-state index in [1.165, 1.54) is 5.56 Å². The van der Waals surface area contributed by atoms with Crippen LogP contribution in [-0.2, 0) is 6.42 Å². The van der Waals surface area contributed by atoms with Crippen molar-refractivity contribution in [1.82, 2.24) is 9.88 Å². The second-order valence-corrected chi connectivity index (χ2v) is 9.43. The van der Waals surface area contributed by atoms with Crippen molar-refractivity contribution in [3.63, 3.8) is 0 Å². The molecule has 0 atom stereocenters. The van der Waals surface area contributed by atoms with Crippen LogP contribution in [-0.4, -0.2) is 47.0 Å². The first kappa shape index (κ1) is 23.2. The minimum absolute atomic E-state index is 0.00126. The Morgan fingerprint density at radius 1 is 1.09 bits per heavy atom. The van der Waals surface area contributed by atoms with Gasteiger partial charge in [0.05, 0.1) is 34.6 Å². The third kappa shape index (κ3) is 5.43. The second kappa shape index (κ2) is 10.4. The molecule has 0 radical (unpaired) electrons. The minimum Gasteiger partial charge on any atom is -0.488 e. The number of pyridine rings is 1. The normalized spacial score (nSPS) is 16.0. The van der Waals surface area contributed by atoms with E-state index in [1.54, 1.807) is 36.7 Å². The highest BCUT2D eigenvalue weighted by Gasteiger charge is 2.26. The molecular formula is C28H26ClN3O3. The molecule has 0 N–H and O–H groups in total. The zero-order chi connectivity index (χ0) is 24.2. The summed E-state index contributed by atoms with van der Waals surface area (Å²) in [5.41, 5.74) is 3.54. The molecule has 0 spiro atoms. The lowest BCUT2D eigenvalue weighted by Crippen LogP contribution is -2.39. The average molecular weight is 488 g/mol. The number of Topliss-reactive ketones (excluding diaryl/α,β-unsaturated/α-hetero) is 1. The molecule has 1 fully saturated rings. The van der Waals surface area contributed by atoms with Crippen molar-refractivity contribution in [1.29, 1.82) is 0 Å². The molecule has 3 heterocycles. The topological polar surface area (TPSA) is 71.9 Å². The molecule has 1 saturated heterocycles. The maximum absolute atomic E-state index is 13.2. The van der Waals surface area contributed by atoms with Gasteiger partial charge in [-0.15, -0.1) is 0 Å². The van der Waals surface area contributed by atoms with E-state index in [0.717, 1.165) is 19.3 Å². The number of benzene rings is 2. The zero-order valence-corrected chi connectivity index (χ0v) is 20.1. The summed E-state index contributed by atoms with van der Waals surface area (Å²) >= 11 is 6.39. The number of fused-ring (bicyclic) bond motifs is 1. The van der Waals surface area contributed by atoms with Crippen LogP contribution in [0, 0.1) is 5.92 Å². The maximum Gasteiger partial charge on any atom is 0.255 e. The lowest BCUT2D eigenvalue weighted by molar-refractivity contribution is 0.0690. The van der Waals surface area contributed by atoms with E-state index in [4.69, 9.17) is 16.3 Å². The quantitative estimate of drug-likeness (QED) is 0.456. The number of carbonyl (C=O) groups is 2. The SMILES string of the molecule is O=C1CC(COc2ccc(Cl)c(C(=O)N3CCC(Cc4ccccc4)CC3)c2)=Nc2cnccc21. The van der Waals surface area contributed by atoms with Gasteiger partial charge in [-0.3, -0.25) is 19.6 Å². The minimum atomic E-state index is -0.0798. The molecule has 6 nitrogen and oxygen atoms in total. The van der Waals surface area contributed by atoms with E-state index in [9.17, 15) is 9.59 Å². The van der Waals surface area contributed by atoms with Gasteiger partial charge in [0.1, 0.15) is 12.4 Å². The number of halogens is 1. The molecule has 2 aliphatic rings. The van der Waals surface area contributed by atoms with Crippen molar-refractivity contribution in [2.24, 2.45) is 10.9 Å². The first-order chi connectivity index (χ1) is 17.1. The molecule has 0 aliphatic carbocycles. The number of hydrogen-bond acceptors (Lipinski definition) is 5. The van der Waals surface area contributed by atoms with Gasteiger partial charge in [-0.2, -0.15) is 0 Å². The first-order valence-electron chi connectivity index (χ1n) is 11.9. The third-order valence-electron chi connectivity index (χ3n) is 6.59. The molecule has 1 amide bonds. The number of aromatic nitrogens is 1. The third-order valence-corrected chi connectivity index (χ3v) is 6.92. The number of amides is 1. The van der Waals surface area contributed by atoms with Crippen molar-refractivity contribution in [3.05, 3.63) is 88.7 Å². The monoisotopic (exact) mass is 487 g/mol. The van der Waals surface area contributed by atoms with Gasteiger partial charge >= 0.3 is 0 Å². The van der Waals surface area contributed by atoms with Gasteiger partial charge < -0.3 is 9.64 Å². The number of aliphatic imine (C=N–C) groups is 1. The van der Waals surface area contributed by atoms with Crippen molar-refractivity contribution in [3.8, 4) is 5.75 Å². The number of ether oxygens (including phenoxy) is 1. The average Bonchev–Trinajstić information content (AvgIpc) is 2.89. The van der Waals surface area contributed by atoms with Crippen molar-refractivity contribution >= 4 is 34.7 Å². The van der Waals surface area contributed by atoms with Gasteiger partial charge in [-0.05, 0) is 55.0 Å². The molecular weight excluding hydrogens is 462 g/mol. The fourth-order valence-electron chi connectivity index (χ4n) is 4.67. The van der Waals surface area contributed by atoms with E-state index in [1.807, 2.05) is 11.0 Å². The number of rotatable bonds is 6. The lowest BCUT2D eigenvalue weighted by atomic mass is 9.90. The maximum atomic E-state index is 13.2. The van der Waals surface area contributed by atoms with E-state index < -0.39 is 0 Å². The summed E-state index contributed by atoms with van der Waals surface area (Å²) in [5, 5.41) is 0.402. The standard InChI is InChI=1S/C28H26ClN3O3/c29-25-7-6-22(35-18-21-15-27(33)23-8-11-30-17-26(23)31-21)16-24(25)28(34)32-12-9-20(10-13-32)14-19-4-2-1-3-5-19/h1-8,11,16-17,20H,9-10,12-15,18H2. The van der Waals surface area contributed by atoms with E-state index in [2.05, 4.69) is 34.2 Å². The van der Waals surface area contributed by atoms with Gasteiger partial charge in [-0.25, -0.2) is 0 Å². The molecule has 5 rings (SSSR count). The van der Waals surface area contributed by atoms with Crippen molar-refractivity contribution in [2.75, 3.05) is 19.7 Å². The van der Waals surface area contributed by atoms with Crippen molar-refractivity contribution in [2.45, 2.75) is 25.7 Å². The number of hydrogen-bond donors (Lipinski definition) is 0. The van der Waals surface area contributed by atoms with Gasteiger partial charge in [0, 0.05) is 24.8 Å². The Morgan fingerprint density at radius 2 is 1.89 bits per heavy atom. The molecule has 2 aliphatic heterocycles. The molecule has 7 heteroatoms. The Bertz CT molecular complexity index is 1270. The summed E-state index contributed by atoms with van der Waals surface area (Å²) in [7, 11) is 0. The van der Waals surface area contributed by atoms with Crippen LogP contribution in [0.25, 0.3) is 0 Å². The molecule has 3 aromatic rings. The largest absolute Gasteiger partial charge is 0.488 e. The summed E-state index contributed by atoms with van der Waals surface area (Å²) in [6.45, 7) is 1.58. The van der Waals surface area contributed by atoms with E-state index in [-0.39, 0.29) is 24.7 Å². The van der Waals surface area contributed by atoms with E-state index >= 15 is 0 Å². The molecule has 35 heavy (non-hydrogen) atoms. The Hall–Kier alpha value is -3.51. The number of ketones is 1. The van der Waals surface area contributed by atoms with Crippen LogP contribution in [0.1, 0.15) is 45.5 Å². The Morgan fingerprint density at radius 3 is 2.69 bits per heavy atom. The van der Waals surface area contributed by atoms with Crippen molar-refractivity contribution < 1.29 is 14.3 Å². The fourth-order valence-corrected chi connectivity index (χ4v) is 4.87. The molecule has 2 aromatic carbocycles. The summed E-state index contributed by atoms with van der Waals surface area (Å²) in [6, 6.07) is 17.3. The molecule has 0 unspecified atom stereocenters. The number of nitrogens with zero attached hydrogens (tertiary/aromatic N) is 3. The molecule has 1 aromatic heterocycles. The van der Waals surface area contributed by atoms with Gasteiger partial charge in [0.2, 0.25) is 0 Å². The first-order valence-corrected chi connectivity index (χ1v) is 12.2. The highest BCUT2D eigenvalue weighted by molar-refractivity contribution is 6.33.